The second-order valence-electron chi connectivity index (χ2n) is 5.02. The van der Waals surface area contributed by atoms with Crippen molar-refractivity contribution in [2.24, 2.45) is 0 Å². The smallest absolute Gasteiger partial charge is 0.214 e. The first-order valence-corrected chi connectivity index (χ1v) is 6.44. The van der Waals surface area contributed by atoms with Gasteiger partial charge in [0.2, 0.25) is 5.95 Å². The van der Waals surface area contributed by atoms with E-state index in [1.54, 1.807) is 12.1 Å². The van der Waals surface area contributed by atoms with E-state index in [1.165, 1.54) is 28.3 Å². The summed E-state index contributed by atoms with van der Waals surface area (Å²) in [5, 5.41) is 3.25. The molecular weight excluding hydrogens is 239 g/mol. The van der Waals surface area contributed by atoms with E-state index in [2.05, 4.69) is 50.1 Å². The van der Waals surface area contributed by atoms with Crippen LogP contribution in [0.5, 0.6) is 0 Å². The monoisotopic (exact) mass is 258 g/mol. The van der Waals surface area contributed by atoms with Crippen molar-refractivity contribution in [1.82, 2.24) is 4.98 Å². The lowest BCUT2D eigenvalue weighted by Crippen LogP contribution is -2.11. The Morgan fingerprint density at radius 2 is 1.74 bits per heavy atom. The van der Waals surface area contributed by atoms with Gasteiger partial charge in [-0.3, -0.25) is 0 Å². The number of hydrogen-bond donors (Lipinski definition) is 1. The maximum atomic E-state index is 13.1. The van der Waals surface area contributed by atoms with Gasteiger partial charge in [-0.1, -0.05) is 23.8 Å². The van der Waals surface area contributed by atoms with Gasteiger partial charge in [0.15, 0.2) is 0 Å². The molecule has 0 aliphatic carbocycles. The summed E-state index contributed by atoms with van der Waals surface area (Å²) in [5.74, 6) is 0.0985. The zero-order valence-electron chi connectivity index (χ0n) is 11.8. The van der Waals surface area contributed by atoms with Crippen LogP contribution in [0, 0.1) is 26.7 Å². The van der Waals surface area contributed by atoms with Crippen LogP contribution in [0.3, 0.4) is 0 Å². The SMILES string of the molecule is Cc1cc(C)c(C(C)Nc2cccc(F)n2)c(C)c1. The second kappa shape index (κ2) is 5.39. The van der Waals surface area contributed by atoms with Gasteiger partial charge in [0, 0.05) is 0 Å². The van der Waals surface area contributed by atoms with E-state index in [9.17, 15) is 4.39 Å². The fourth-order valence-electron chi connectivity index (χ4n) is 2.66. The number of aromatic nitrogens is 1. The van der Waals surface area contributed by atoms with Crippen molar-refractivity contribution in [3.05, 3.63) is 58.5 Å². The van der Waals surface area contributed by atoms with Crippen LogP contribution in [-0.4, -0.2) is 4.98 Å². The second-order valence-corrected chi connectivity index (χ2v) is 5.02. The van der Waals surface area contributed by atoms with Gasteiger partial charge in [-0.2, -0.15) is 4.39 Å². The minimum Gasteiger partial charge on any atom is -0.363 e. The summed E-state index contributed by atoms with van der Waals surface area (Å²) in [5.41, 5.74) is 4.99. The fourth-order valence-corrected chi connectivity index (χ4v) is 2.66. The summed E-state index contributed by atoms with van der Waals surface area (Å²) in [6.45, 7) is 8.37. The summed E-state index contributed by atoms with van der Waals surface area (Å²) < 4.78 is 13.1. The van der Waals surface area contributed by atoms with Gasteiger partial charge >= 0.3 is 0 Å². The molecule has 1 N–H and O–H groups in total. The highest BCUT2D eigenvalue weighted by atomic mass is 19.1. The Labute approximate surface area is 113 Å². The van der Waals surface area contributed by atoms with E-state index in [1.807, 2.05) is 0 Å². The van der Waals surface area contributed by atoms with E-state index in [0.29, 0.717) is 5.82 Å². The molecule has 2 rings (SSSR count). The number of hydrogen-bond acceptors (Lipinski definition) is 2. The van der Waals surface area contributed by atoms with Gasteiger partial charge in [0.1, 0.15) is 5.82 Å². The quantitative estimate of drug-likeness (QED) is 0.829. The topological polar surface area (TPSA) is 24.9 Å². The van der Waals surface area contributed by atoms with E-state index < -0.39 is 5.95 Å². The minimum absolute atomic E-state index is 0.0925. The lowest BCUT2D eigenvalue weighted by atomic mass is 9.95. The Kier molecular flexibility index (Phi) is 3.84. The molecule has 1 aromatic heterocycles. The molecule has 0 saturated carbocycles. The first-order chi connectivity index (χ1) is 8.97. The van der Waals surface area contributed by atoms with Crippen LogP contribution < -0.4 is 5.32 Å². The first-order valence-electron chi connectivity index (χ1n) is 6.44. The molecule has 0 aliphatic heterocycles. The summed E-state index contributed by atoms with van der Waals surface area (Å²) >= 11 is 0. The van der Waals surface area contributed by atoms with Crippen molar-refractivity contribution in [2.75, 3.05) is 5.32 Å². The Bertz CT molecular complexity index is 570. The molecule has 0 bridgehead atoms. The molecule has 1 heterocycles. The van der Waals surface area contributed by atoms with Crippen molar-refractivity contribution >= 4 is 5.82 Å². The summed E-state index contributed by atoms with van der Waals surface area (Å²) in [6, 6.07) is 9.21. The number of rotatable bonds is 3. The molecule has 0 fully saturated rings. The van der Waals surface area contributed by atoms with Crippen LogP contribution >= 0.6 is 0 Å². The molecule has 0 spiro atoms. The molecule has 0 radical (unpaired) electrons. The van der Waals surface area contributed by atoms with Crippen molar-refractivity contribution in [3.63, 3.8) is 0 Å². The number of pyridine rings is 1. The highest BCUT2D eigenvalue weighted by Gasteiger charge is 2.12. The van der Waals surface area contributed by atoms with Crippen molar-refractivity contribution < 1.29 is 4.39 Å². The van der Waals surface area contributed by atoms with Gasteiger partial charge in [-0.05, 0) is 56.5 Å². The Hall–Kier alpha value is -1.90. The molecule has 2 aromatic rings. The lowest BCUT2D eigenvalue weighted by molar-refractivity contribution is 0.584. The third-order valence-corrected chi connectivity index (χ3v) is 3.25. The fraction of sp³-hybridized carbons (Fsp3) is 0.312. The minimum atomic E-state index is -0.463. The lowest BCUT2D eigenvalue weighted by Gasteiger charge is -2.20. The number of nitrogens with one attached hydrogen (secondary N) is 1. The van der Waals surface area contributed by atoms with Gasteiger partial charge in [0.25, 0.3) is 0 Å². The Morgan fingerprint density at radius 3 is 2.32 bits per heavy atom. The number of nitrogens with zero attached hydrogens (tertiary/aromatic N) is 1. The third-order valence-electron chi connectivity index (χ3n) is 3.25. The standard InChI is InChI=1S/C16H19FN2/c1-10-8-11(2)16(12(3)9-10)13(4)18-15-7-5-6-14(17)19-15/h5-9,13H,1-4H3,(H,18,19). The summed E-state index contributed by atoms with van der Waals surface area (Å²) in [4.78, 5) is 3.84. The van der Waals surface area contributed by atoms with E-state index in [-0.39, 0.29) is 6.04 Å². The average molecular weight is 258 g/mol. The maximum absolute atomic E-state index is 13.1. The van der Waals surface area contributed by atoms with Crippen LogP contribution in [-0.2, 0) is 0 Å². The number of halogens is 1. The molecule has 0 amide bonds. The zero-order chi connectivity index (χ0) is 14.0. The number of anilines is 1. The molecule has 1 unspecified atom stereocenters. The molecule has 1 aromatic carbocycles. The maximum Gasteiger partial charge on any atom is 0.214 e. The van der Waals surface area contributed by atoms with Crippen LogP contribution in [0.15, 0.2) is 30.3 Å². The van der Waals surface area contributed by atoms with E-state index >= 15 is 0 Å². The normalized spacial score (nSPS) is 12.3. The third kappa shape index (κ3) is 3.11. The molecule has 2 nitrogen and oxygen atoms in total. The molecule has 19 heavy (non-hydrogen) atoms. The average Bonchev–Trinajstić information content (AvgIpc) is 2.27. The highest BCUT2D eigenvalue weighted by molar-refractivity contribution is 5.44. The van der Waals surface area contributed by atoms with Crippen LogP contribution in [0.1, 0.15) is 35.2 Å². The van der Waals surface area contributed by atoms with Crippen LogP contribution in [0.2, 0.25) is 0 Å². The predicted molar refractivity (Wildman–Crippen MR) is 76.9 cm³/mol. The molecule has 100 valence electrons. The number of benzene rings is 1. The van der Waals surface area contributed by atoms with Crippen LogP contribution in [0.4, 0.5) is 10.2 Å². The highest BCUT2D eigenvalue weighted by Crippen LogP contribution is 2.25. The zero-order valence-corrected chi connectivity index (χ0v) is 11.8. The van der Waals surface area contributed by atoms with Gasteiger partial charge in [-0.15, -0.1) is 0 Å². The molecule has 1 atom stereocenters. The summed E-state index contributed by atoms with van der Waals surface area (Å²) in [7, 11) is 0. The molecule has 0 saturated heterocycles. The Balaban J connectivity index is 2.28. The summed E-state index contributed by atoms with van der Waals surface area (Å²) in [6.07, 6.45) is 0. The van der Waals surface area contributed by atoms with E-state index in [4.69, 9.17) is 0 Å². The van der Waals surface area contributed by atoms with Crippen molar-refractivity contribution in [1.29, 1.82) is 0 Å². The predicted octanol–water partition coefficient (Wildman–Crippen LogP) is 4.32. The van der Waals surface area contributed by atoms with Crippen molar-refractivity contribution in [3.8, 4) is 0 Å². The molecule has 3 heteroatoms. The molecule has 0 aliphatic rings. The Morgan fingerprint density at radius 1 is 1.11 bits per heavy atom. The van der Waals surface area contributed by atoms with Gasteiger partial charge in [-0.25, -0.2) is 4.98 Å². The number of aryl methyl sites for hydroxylation is 3. The van der Waals surface area contributed by atoms with Gasteiger partial charge in [0.05, 0.1) is 6.04 Å². The van der Waals surface area contributed by atoms with Crippen molar-refractivity contribution in [2.45, 2.75) is 33.7 Å². The van der Waals surface area contributed by atoms with E-state index in [0.717, 1.165) is 0 Å². The largest absolute Gasteiger partial charge is 0.363 e. The molecular formula is C16H19FN2. The van der Waals surface area contributed by atoms with Crippen LogP contribution in [0.25, 0.3) is 0 Å². The first kappa shape index (κ1) is 13.5. The van der Waals surface area contributed by atoms with Gasteiger partial charge < -0.3 is 5.32 Å².